The minimum atomic E-state index is 0.412. The van der Waals surface area contributed by atoms with Gasteiger partial charge >= 0.3 is 0 Å². The molecule has 0 atom stereocenters. The molecular formula is C12H17BrN2. The third-order valence-corrected chi connectivity index (χ3v) is 2.76. The molecule has 0 unspecified atom stereocenters. The first-order chi connectivity index (χ1) is 7.06. The lowest BCUT2D eigenvalue weighted by atomic mass is 10.2. The van der Waals surface area contributed by atoms with Gasteiger partial charge in [0.1, 0.15) is 5.82 Å². The standard InChI is InChI=1S/C12H17BrN2/c1-5-6-15(9(2)3)12-11(13)7-10(4)8-14-12/h5,7-9H,1,6H2,2-4H3. The van der Waals surface area contributed by atoms with Gasteiger partial charge in [-0.1, -0.05) is 6.08 Å². The van der Waals surface area contributed by atoms with Crippen LogP contribution in [0.3, 0.4) is 0 Å². The smallest absolute Gasteiger partial charge is 0.143 e. The molecule has 1 heterocycles. The van der Waals surface area contributed by atoms with E-state index in [1.165, 1.54) is 0 Å². The molecule has 0 aromatic carbocycles. The zero-order chi connectivity index (χ0) is 11.4. The van der Waals surface area contributed by atoms with Crippen LogP contribution in [0.2, 0.25) is 0 Å². The molecule has 1 aromatic heterocycles. The summed E-state index contributed by atoms with van der Waals surface area (Å²) < 4.78 is 1.04. The molecule has 0 aliphatic heterocycles. The first-order valence-corrected chi connectivity index (χ1v) is 5.85. The van der Waals surface area contributed by atoms with E-state index < -0.39 is 0 Å². The largest absolute Gasteiger partial charge is 0.350 e. The third-order valence-electron chi connectivity index (χ3n) is 2.18. The number of anilines is 1. The van der Waals surface area contributed by atoms with Crippen molar-refractivity contribution >= 4 is 21.7 Å². The number of aromatic nitrogens is 1. The van der Waals surface area contributed by atoms with E-state index in [9.17, 15) is 0 Å². The highest BCUT2D eigenvalue weighted by atomic mass is 79.9. The molecule has 0 aliphatic carbocycles. The Balaban J connectivity index is 3.05. The van der Waals surface area contributed by atoms with Gasteiger partial charge in [0.05, 0.1) is 4.47 Å². The predicted octanol–water partition coefficient (Wildman–Crippen LogP) is 3.55. The second-order valence-electron chi connectivity index (χ2n) is 3.85. The molecule has 15 heavy (non-hydrogen) atoms. The lowest BCUT2D eigenvalue weighted by Gasteiger charge is -2.27. The zero-order valence-electron chi connectivity index (χ0n) is 9.50. The Bertz CT molecular complexity index is 347. The van der Waals surface area contributed by atoms with Crippen LogP contribution in [0.25, 0.3) is 0 Å². The minimum Gasteiger partial charge on any atom is -0.350 e. The topological polar surface area (TPSA) is 16.1 Å². The maximum atomic E-state index is 4.45. The van der Waals surface area contributed by atoms with E-state index in [1.807, 2.05) is 19.2 Å². The van der Waals surface area contributed by atoms with Crippen molar-refractivity contribution in [1.82, 2.24) is 4.98 Å². The van der Waals surface area contributed by atoms with Crippen molar-refractivity contribution in [3.8, 4) is 0 Å². The van der Waals surface area contributed by atoms with E-state index in [4.69, 9.17) is 0 Å². The average Bonchev–Trinajstić information content (AvgIpc) is 2.15. The van der Waals surface area contributed by atoms with Crippen molar-refractivity contribution in [2.75, 3.05) is 11.4 Å². The fraction of sp³-hybridized carbons (Fsp3) is 0.417. The summed E-state index contributed by atoms with van der Waals surface area (Å²) in [5.74, 6) is 0.982. The number of halogens is 1. The molecule has 0 N–H and O–H groups in total. The fourth-order valence-corrected chi connectivity index (χ4v) is 2.11. The van der Waals surface area contributed by atoms with Gasteiger partial charge in [-0.25, -0.2) is 4.98 Å². The van der Waals surface area contributed by atoms with Gasteiger partial charge in [-0.05, 0) is 48.3 Å². The average molecular weight is 269 g/mol. The Morgan fingerprint density at radius 1 is 1.60 bits per heavy atom. The summed E-state index contributed by atoms with van der Waals surface area (Å²) in [5, 5.41) is 0. The number of hydrogen-bond donors (Lipinski definition) is 0. The van der Waals surface area contributed by atoms with Crippen molar-refractivity contribution < 1.29 is 0 Å². The van der Waals surface area contributed by atoms with Crippen LogP contribution in [0.4, 0.5) is 5.82 Å². The van der Waals surface area contributed by atoms with E-state index in [2.05, 4.69) is 52.3 Å². The van der Waals surface area contributed by atoms with Crippen molar-refractivity contribution in [1.29, 1.82) is 0 Å². The number of pyridine rings is 1. The molecule has 0 spiro atoms. The highest BCUT2D eigenvalue weighted by molar-refractivity contribution is 9.10. The number of hydrogen-bond acceptors (Lipinski definition) is 2. The molecule has 1 rings (SSSR count). The summed E-state index contributed by atoms with van der Waals surface area (Å²) >= 11 is 3.55. The molecule has 0 fully saturated rings. The van der Waals surface area contributed by atoms with Crippen LogP contribution >= 0.6 is 15.9 Å². The Hall–Kier alpha value is -0.830. The lowest BCUT2D eigenvalue weighted by Crippen LogP contribution is -2.31. The normalized spacial score (nSPS) is 10.5. The second-order valence-corrected chi connectivity index (χ2v) is 4.71. The summed E-state index contributed by atoms with van der Waals surface area (Å²) in [4.78, 5) is 6.65. The molecule has 1 aromatic rings. The molecular weight excluding hydrogens is 252 g/mol. The molecule has 0 radical (unpaired) electrons. The van der Waals surface area contributed by atoms with Crippen molar-refractivity contribution in [2.24, 2.45) is 0 Å². The molecule has 0 saturated carbocycles. The van der Waals surface area contributed by atoms with E-state index in [0.717, 1.165) is 22.4 Å². The number of aryl methyl sites for hydroxylation is 1. The van der Waals surface area contributed by atoms with Gasteiger partial charge < -0.3 is 4.90 Å². The van der Waals surface area contributed by atoms with Gasteiger partial charge in [-0.2, -0.15) is 0 Å². The van der Waals surface area contributed by atoms with Crippen molar-refractivity contribution in [3.63, 3.8) is 0 Å². The van der Waals surface area contributed by atoms with Crippen LogP contribution in [0.5, 0.6) is 0 Å². The van der Waals surface area contributed by atoms with Crippen LogP contribution < -0.4 is 4.90 Å². The van der Waals surface area contributed by atoms with E-state index in [0.29, 0.717) is 6.04 Å². The minimum absolute atomic E-state index is 0.412. The molecule has 82 valence electrons. The highest BCUT2D eigenvalue weighted by Crippen LogP contribution is 2.25. The maximum absolute atomic E-state index is 4.45. The molecule has 2 nitrogen and oxygen atoms in total. The van der Waals surface area contributed by atoms with E-state index in [-0.39, 0.29) is 0 Å². The van der Waals surface area contributed by atoms with E-state index in [1.54, 1.807) is 0 Å². The monoisotopic (exact) mass is 268 g/mol. The fourth-order valence-electron chi connectivity index (χ4n) is 1.42. The second kappa shape index (κ2) is 5.31. The molecule has 0 bridgehead atoms. The Morgan fingerprint density at radius 3 is 2.73 bits per heavy atom. The van der Waals surface area contributed by atoms with E-state index >= 15 is 0 Å². The van der Waals surface area contributed by atoms with Crippen LogP contribution in [-0.4, -0.2) is 17.6 Å². The Morgan fingerprint density at radius 2 is 2.27 bits per heavy atom. The third kappa shape index (κ3) is 3.06. The van der Waals surface area contributed by atoms with Gasteiger partial charge in [0.25, 0.3) is 0 Å². The summed E-state index contributed by atoms with van der Waals surface area (Å²) in [6, 6.07) is 2.50. The highest BCUT2D eigenvalue weighted by Gasteiger charge is 2.13. The van der Waals surface area contributed by atoms with Gasteiger partial charge in [-0.3, -0.25) is 0 Å². The number of nitrogens with zero attached hydrogens (tertiary/aromatic N) is 2. The van der Waals surface area contributed by atoms with Crippen LogP contribution in [-0.2, 0) is 0 Å². The SMILES string of the molecule is C=CCN(c1ncc(C)cc1Br)C(C)C. The van der Waals surface area contributed by atoms with Crippen LogP contribution in [0, 0.1) is 6.92 Å². The van der Waals surface area contributed by atoms with Crippen molar-refractivity contribution in [3.05, 3.63) is 35.0 Å². The molecule has 3 heteroatoms. The lowest BCUT2D eigenvalue weighted by molar-refractivity contribution is 0.710. The first kappa shape index (κ1) is 12.2. The first-order valence-electron chi connectivity index (χ1n) is 5.06. The summed E-state index contributed by atoms with van der Waals surface area (Å²) in [5.41, 5.74) is 1.16. The van der Waals surface area contributed by atoms with Crippen LogP contribution in [0.1, 0.15) is 19.4 Å². The van der Waals surface area contributed by atoms with Gasteiger partial charge in [0, 0.05) is 18.8 Å². The van der Waals surface area contributed by atoms with Crippen molar-refractivity contribution in [2.45, 2.75) is 26.8 Å². The Labute approximate surface area is 100 Å². The Kier molecular flexibility index (Phi) is 4.33. The molecule has 0 aliphatic rings. The zero-order valence-corrected chi connectivity index (χ0v) is 11.1. The summed E-state index contributed by atoms with van der Waals surface area (Å²) in [7, 11) is 0. The molecule has 0 saturated heterocycles. The number of rotatable bonds is 4. The molecule has 0 amide bonds. The quantitative estimate of drug-likeness (QED) is 0.777. The van der Waals surface area contributed by atoms with Crippen LogP contribution in [0.15, 0.2) is 29.4 Å². The van der Waals surface area contributed by atoms with Gasteiger partial charge in [-0.15, -0.1) is 6.58 Å². The predicted molar refractivity (Wildman–Crippen MR) is 69.4 cm³/mol. The summed E-state index contributed by atoms with van der Waals surface area (Å²) in [6.45, 7) is 10.9. The maximum Gasteiger partial charge on any atom is 0.143 e. The summed E-state index contributed by atoms with van der Waals surface area (Å²) in [6.07, 6.45) is 3.78. The van der Waals surface area contributed by atoms with Gasteiger partial charge in [0.2, 0.25) is 0 Å². The van der Waals surface area contributed by atoms with Gasteiger partial charge in [0.15, 0.2) is 0 Å².